The molecule has 1 aliphatic rings. The van der Waals surface area contributed by atoms with Crippen molar-refractivity contribution in [2.24, 2.45) is 14.1 Å². The van der Waals surface area contributed by atoms with Gasteiger partial charge in [-0.25, -0.2) is 4.79 Å². The normalized spacial score (nSPS) is 13.8. The molecule has 7 heteroatoms. The standard InChI is InChI=1S/C9H14N4O2.H2O/c1-10-5-11(2)7-6(10)8(14)13(4)9(15)12(7)3;/h5H2,1-4H3;1H2. The average molecular weight is 228 g/mol. The van der Waals surface area contributed by atoms with Gasteiger partial charge in [0.2, 0.25) is 0 Å². The van der Waals surface area contributed by atoms with Crippen molar-refractivity contribution in [3.8, 4) is 0 Å². The summed E-state index contributed by atoms with van der Waals surface area (Å²) in [6.07, 6.45) is 0. The van der Waals surface area contributed by atoms with Crippen LogP contribution in [0.1, 0.15) is 0 Å². The molecule has 0 bridgehead atoms. The van der Waals surface area contributed by atoms with Gasteiger partial charge in [0, 0.05) is 28.2 Å². The van der Waals surface area contributed by atoms with Crippen molar-refractivity contribution in [3.05, 3.63) is 20.8 Å². The van der Waals surface area contributed by atoms with Crippen molar-refractivity contribution in [3.63, 3.8) is 0 Å². The van der Waals surface area contributed by atoms with Crippen molar-refractivity contribution in [2.75, 3.05) is 30.6 Å². The second-order valence-corrected chi connectivity index (χ2v) is 3.92. The van der Waals surface area contributed by atoms with Crippen LogP contribution in [-0.4, -0.2) is 35.4 Å². The molecular weight excluding hydrogens is 212 g/mol. The number of anilines is 2. The van der Waals surface area contributed by atoms with E-state index in [1.807, 2.05) is 23.9 Å². The first-order valence-corrected chi connectivity index (χ1v) is 4.67. The van der Waals surface area contributed by atoms with E-state index in [0.29, 0.717) is 18.2 Å². The van der Waals surface area contributed by atoms with Gasteiger partial charge in [-0.05, 0) is 0 Å². The molecule has 0 aliphatic carbocycles. The first-order chi connectivity index (χ1) is 6.95. The maximum absolute atomic E-state index is 11.9. The summed E-state index contributed by atoms with van der Waals surface area (Å²) in [6, 6.07) is 0. The predicted molar refractivity (Wildman–Crippen MR) is 62.2 cm³/mol. The Bertz CT molecular complexity index is 531. The summed E-state index contributed by atoms with van der Waals surface area (Å²) in [4.78, 5) is 27.3. The van der Waals surface area contributed by atoms with Crippen LogP contribution in [-0.2, 0) is 14.1 Å². The summed E-state index contributed by atoms with van der Waals surface area (Å²) in [5.41, 5.74) is 0.0583. The molecule has 0 radical (unpaired) electrons. The molecule has 1 aromatic rings. The van der Waals surface area contributed by atoms with Gasteiger partial charge in [-0.15, -0.1) is 0 Å². The minimum atomic E-state index is -0.291. The third-order valence-corrected chi connectivity index (χ3v) is 2.78. The van der Waals surface area contributed by atoms with E-state index < -0.39 is 0 Å². The zero-order valence-corrected chi connectivity index (χ0v) is 9.81. The van der Waals surface area contributed by atoms with E-state index in [-0.39, 0.29) is 16.7 Å². The van der Waals surface area contributed by atoms with Crippen molar-refractivity contribution >= 4 is 11.5 Å². The summed E-state index contributed by atoms with van der Waals surface area (Å²) in [5, 5.41) is 0. The molecule has 7 nitrogen and oxygen atoms in total. The molecule has 1 aliphatic heterocycles. The molecule has 0 amide bonds. The van der Waals surface area contributed by atoms with E-state index in [0.717, 1.165) is 4.57 Å². The smallest absolute Gasteiger partial charge is 0.332 e. The highest BCUT2D eigenvalue weighted by Gasteiger charge is 2.27. The summed E-state index contributed by atoms with van der Waals surface area (Å²) < 4.78 is 2.63. The first kappa shape index (κ1) is 12.3. The zero-order valence-electron chi connectivity index (χ0n) is 9.81. The van der Waals surface area contributed by atoms with Gasteiger partial charge in [-0.3, -0.25) is 13.9 Å². The Hall–Kier alpha value is -1.76. The van der Waals surface area contributed by atoms with Crippen LogP contribution in [0.2, 0.25) is 0 Å². The van der Waals surface area contributed by atoms with E-state index in [9.17, 15) is 9.59 Å². The molecule has 0 fully saturated rings. The summed E-state index contributed by atoms with van der Waals surface area (Å²) >= 11 is 0. The van der Waals surface area contributed by atoms with Gasteiger partial charge in [-0.1, -0.05) is 0 Å². The molecule has 0 unspecified atom stereocenters. The summed E-state index contributed by atoms with van der Waals surface area (Å²) in [7, 11) is 6.88. The lowest BCUT2D eigenvalue weighted by molar-refractivity contribution is 0.689. The van der Waals surface area contributed by atoms with Gasteiger partial charge < -0.3 is 15.3 Å². The Morgan fingerprint density at radius 1 is 0.938 bits per heavy atom. The van der Waals surface area contributed by atoms with E-state index in [1.54, 1.807) is 7.05 Å². The topological polar surface area (TPSA) is 82.0 Å². The van der Waals surface area contributed by atoms with Gasteiger partial charge >= 0.3 is 5.69 Å². The number of nitrogens with zero attached hydrogens (tertiary/aromatic N) is 4. The Morgan fingerprint density at radius 2 is 1.50 bits per heavy atom. The molecule has 16 heavy (non-hydrogen) atoms. The Morgan fingerprint density at radius 3 is 2.06 bits per heavy atom. The Labute approximate surface area is 92.4 Å². The first-order valence-electron chi connectivity index (χ1n) is 4.67. The van der Waals surface area contributed by atoms with Crippen LogP contribution in [0.25, 0.3) is 0 Å². The van der Waals surface area contributed by atoms with Crippen molar-refractivity contribution in [1.29, 1.82) is 0 Å². The lowest BCUT2D eigenvalue weighted by Crippen LogP contribution is -2.38. The minimum Gasteiger partial charge on any atom is -0.412 e. The molecular formula is C9H16N4O3. The van der Waals surface area contributed by atoms with Crippen LogP contribution in [0.3, 0.4) is 0 Å². The van der Waals surface area contributed by atoms with E-state index >= 15 is 0 Å². The lowest BCUT2D eigenvalue weighted by Gasteiger charge is -2.13. The highest BCUT2D eigenvalue weighted by Crippen LogP contribution is 2.27. The summed E-state index contributed by atoms with van der Waals surface area (Å²) in [5.74, 6) is 0.686. The fourth-order valence-electron chi connectivity index (χ4n) is 2.04. The average Bonchev–Trinajstić information content (AvgIpc) is 2.47. The molecule has 90 valence electrons. The second-order valence-electron chi connectivity index (χ2n) is 3.92. The second kappa shape index (κ2) is 3.67. The molecule has 2 N–H and O–H groups in total. The Kier molecular flexibility index (Phi) is 2.83. The van der Waals surface area contributed by atoms with Gasteiger partial charge in [0.1, 0.15) is 11.5 Å². The van der Waals surface area contributed by atoms with Crippen LogP contribution in [0.15, 0.2) is 9.59 Å². The van der Waals surface area contributed by atoms with Crippen LogP contribution in [0.5, 0.6) is 0 Å². The Balaban J connectivity index is 0.00000128. The lowest BCUT2D eigenvalue weighted by atomic mass is 10.4. The third-order valence-electron chi connectivity index (χ3n) is 2.78. The van der Waals surface area contributed by atoms with Crippen LogP contribution in [0, 0.1) is 0 Å². The fraction of sp³-hybridized carbons (Fsp3) is 0.556. The van der Waals surface area contributed by atoms with Gasteiger partial charge in [0.25, 0.3) is 5.56 Å². The molecule has 0 saturated carbocycles. The summed E-state index contributed by atoms with van der Waals surface area (Å²) in [6.45, 7) is 0.627. The van der Waals surface area contributed by atoms with Crippen LogP contribution < -0.4 is 21.0 Å². The molecule has 2 rings (SSSR count). The molecule has 0 aromatic carbocycles. The van der Waals surface area contributed by atoms with E-state index in [1.165, 1.54) is 11.6 Å². The van der Waals surface area contributed by atoms with Crippen molar-refractivity contribution < 1.29 is 5.48 Å². The number of rotatable bonds is 0. The molecule has 0 spiro atoms. The monoisotopic (exact) mass is 228 g/mol. The molecule has 0 atom stereocenters. The molecule has 1 aromatic heterocycles. The number of aromatic nitrogens is 2. The van der Waals surface area contributed by atoms with Crippen LogP contribution >= 0.6 is 0 Å². The van der Waals surface area contributed by atoms with Crippen LogP contribution in [0.4, 0.5) is 11.5 Å². The maximum atomic E-state index is 11.9. The van der Waals surface area contributed by atoms with Gasteiger partial charge in [0.05, 0.1) is 6.67 Å². The number of fused-ring (bicyclic) bond motifs is 1. The third kappa shape index (κ3) is 1.32. The van der Waals surface area contributed by atoms with E-state index in [4.69, 9.17) is 0 Å². The van der Waals surface area contributed by atoms with Gasteiger partial charge in [0.15, 0.2) is 0 Å². The van der Waals surface area contributed by atoms with Crippen molar-refractivity contribution in [1.82, 2.24) is 9.13 Å². The highest BCUT2D eigenvalue weighted by molar-refractivity contribution is 5.71. The van der Waals surface area contributed by atoms with E-state index in [2.05, 4.69) is 0 Å². The maximum Gasteiger partial charge on any atom is 0.332 e. The number of hydrogen-bond donors (Lipinski definition) is 0. The van der Waals surface area contributed by atoms with Gasteiger partial charge in [-0.2, -0.15) is 0 Å². The SMILES string of the molecule is CN1CN(C)c2c1c(=O)n(C)c(=O)n2C.O. The van der Waals surface area contributed by atoms with Crippen molar-refractivity contribution in [2.45, 2.75) is 0 Å². The quantitative estimate of drug-likeness (QED) is 0.519. The minimum absolute atomic E-state index is 0. The highest BCUT2D eigenvalue weighted by atomic mass is 16.2. The zero-order chi connectivity index (χ0) is 11.3. The molecule has 0 saturated heterocycles. The number of hydrogen-bond acceptors (Lipinski definition) is 4. The predicted octanol–water partition coefficient (Wildman–Crippen LogP) is -1.90. The molecule has 2 heterocycles. The fourth-order valence-corrected chi connectivity index (χ4v) is 2.04. The largest absolute Gasteiger partial charge is 0.412 e.